The van der Waals surface area contributed by atoms with E-state index in [1.54, 1.807) is 11.3 Å². The van der Waals surface area contributed by atoms with Crippen molar-refractivity contribution in [2.45, 2.75) is 57.6 Å². The van der Waals surface area contributed by atoms with Crippen LogP contribution in [0.1, 0.15) is 42.0 Å². The minimum Gasteiger partial charge on any atom is -0.377 e. The van der Waals surface area contributed by atoms with Crippen LogP contribution in [-0.2, 0) is 11.2 Å². The van der Waals surface area contributed by atoms with Gasteiger partial charge in [-0.05, 0) is 26.2 Å². The Hall–Kier alpha value is -1.14. The molecule has 6 heteroatoms. The Morgan fingerprint density at radius 1 is 1.48 bits per heavy atom. The maximum atomic E-state index is 12.3. The van der Waals surface area contributed by atoms with Crippen LogP contribution in [0.5, 0.6) is 0 Å². The lowest BCUT2D eigenvalue weighted by Gasteiger charge is -2.56. The Labute approximate surface area is 141 Å². The highest BCUT2D eigenvalue weighted by atomic mass is 32.1. The summed E-state index contributed by atoms with van der Waals surface area (Å²) < 4.78 is 5.96. The molecule has 1 aliphatic heterocycles. The quantitative estimate of drug-likeness (QED) is 0.889. The number of nitrogens with one attached hydrogen (secondary N) is 2. The van der Waals surface area contributed by atoms with E-state index in [1.165, 1.54) is 30.6 Å². The van der Waals surface area contributed by atoms with Gasteiger partial charge in [-0.3, -0.25) is 0 Å². The summed E-state index contributed by atoms with van der Waals surface area (Å²) in [6.07, 6.45) is 9.14. The molecule has 0 unspecified atom stereocenters. The first-order chi connectivity index (χ1) is 11.2. The molecule has 2 saturated carbocycles. The van der Waals surface area contributed by atoms with Gasteiger partial charge >= 0.3 is 6.03 Å². The lowest BCUT2D eigenvalue weighted by molar-refractivity contribution is -0.126. The van der Waals surface area contributed by atoms with Gasteiger partial charge in [-0.1, -0.05) is 12.8 Å². The van der Waals surface area contributed by atoms with Crippen LogP contribution in [0.4, 0.5) is 4.79 Å². The van der Waals surface area contributed by atoms with Crippen molar-refractivity contribution in [1.29, 1.82) is 0 Å². The van der Waals surface area contributed by atoms with Crippen molar-refractivity contribution < 1.29 is 9.53 Å². The molecule has 3 aliphatic rings. The molecule has 3 fully saturated rings. The number of hydrogen-bond donors (Lipinski definition) is 2. The van der Waals surface area contributed by atoms with E-state index in [9.17, 15) is 4.79 Å². The number of ether oxygens (including phenoxy) is 1. The number of thiazole rings is 1. The Kier molecular flexibility index (Phi) is 4.05. The van der Waals surface area contributed by atoms with E-state index in [0.717, 1.165) is 24.5 Å². The molecule has 2 heterocycles. The first kappa shape index (κ1) is 15.4. The minimum atomic E-state index is -0.0279. The molecule has 126 valence electrons. The number of nitrogens with zero attached hydrogens (tertiary/aromatic N) is 1. The number of fused-ring (bicyclic) bond motifs is 2. The number of carbonyl (C=O) groups is 1. The number of amides is 2. The highest BCUT2D eigenvalue weighted by molar-refractivity contribution is 7.11. The Morgan fingerprint density at radius 3 is 3.04 bits per heavy atom. The first-order valence-corrected chi connectivity index (χ1v) is 9.58. The van der Waals surface area contributed by atoms with Gasteiger partial charge in [0, 0.05) is 48.0 Å². The number of carbonyl (C=O) groups excluding carboxylic acids is 1. The normalized spacial score (nSPS) is 30.9. The SMILES string of the molecule is Cc1cnc(CCNC(=O)N[C@@H]2[C@@H]3CCO[C@@H]3C23CCCC3)s1. The zero-order chi connectivity index (χ0) is 15.9. The standard InChI is InChI=1S/C17H25N3O2S/c1-11-10-19-13(23-11)4-8-18-16(21)20-14-12-5-9-22-15(12)17(14)6-2-3-7-17/h10,12,14-15H,2-9H2,1H3,(H2,18,20,21)/t12-,14+,15-/m0/s1. The molecule has 4 rings (SSSR count). The van der Waals surface area contributed by atoms with Gasteiger partial charge in [0.15, 0.2) is 0 Å². The van der Waals surface area contributed by atoms with Gasteiger partial charge in [0.1, 0.15) is 0 Å². The van der Waals surface area contributed by atoms with Crippen LogP contribution < -0.4 is 10.6 Å². The molecule has 2 aliphatic carbocycles. The molecule has 1 aromatic rings. The Balaban J connectivity index is 1.29. The van der Waals surface area contributed by atoms with Gasteiger partial charge in [0.2, 0.25) is 0 Å². The van der Waals surface area contributed by atoms with Crippen molar-refractivity contribution in [3.05, 3.63) is 16.1 Å². The molecule has 2 N–H and O–H groups in total. The van der Waals surface area contributed by atoms with Gasteiger partial charge in [-0.2, -0.15) is 0 Å². The van der Waals surface area contributed by atoms with Crippen molar-refractivity contribution in [2.24, 2.45) is 11.3 Å². The molecule has 2 amide bonds. The minimum absolute atomic E-state index is 0.0279. The summed E-state index contributed by atoms with van der Waals surface area (Å²) in [4.78, 5) is 17.8. The average Bonchev–Trinajstić information content (AvgIpc) is 3.24. The third kappa shape index (κ3) is 2.66. The summed E-state index contributed by atoms with van der Waals surface area (Å²) in [5.74, 6) is 0.528. The summed E-state index contributed by atoms with van der Waals surface area (Å²) in [5.41, 5.74) is 0.227. The topological polar surface area (TPSA) is 63.2 Å². The molecular formula is C17H25N3O2S. The predicted octanol–water partition coefficient (Wildman–Crippen LogP) is 2.64. The molecule has 0 aromatic carbocycles. The summed E-state index contributed by atoms with van der Waals surface area (Å²) in [6, 6.07) is 0.277. The lowest BCUT2D eigenvalue weighted by atomic mass is 9.54. The molecule has 23 heavy (non-hydrogen) atoms. The van der Waals surface area contributed by atoms with Crippen LogP contribution >= 0.6 is 11.3 Å². The molecule has 5 nitrogen and oxygen atoms in total. The van der Waals surface area contributed by atoms with Crippen LogP contribution in [0.3, 0.4) is 0 Å². The Morgan fingerprint density at radius 2 is 2.30 bits per heavy atom. The van der Waals surface area contributed by atoms with Crippen LogP contribution in [-0.4, -0.2) is 36.3 Å². The van der Waals surface area contributed by atoms with E-state index in [4.69, 9.17) is 4.74 Å². The molecule has 1 aromatic heterocycles. The number of hydrogen-bond acceptors (Lipinski definition) is 4. The van der Waals surface area contributed by atoms with E-state index in [2.05, 4.69) is 22.5 Å². The molecule has 1 saturated heterocycles. The maximum Gasteiger partial charge on any atom is 0.315 e. The summed E-state index contributed by atoms with van der Waals surface area (Å²) in [7, 11) is 0. The number of aromatic nitrogens is 1. The Bertz CT molecular complexity index is 582. The van der Waals surface area contributed by atoms with Gasteiger partial charge in [0.25, 0.3) is 0 Å². The molecule has 0 bridgehead atoms. The van der Waals surface area contributed by atoms with Gasteiger partial charge < -0.3 is 15.4 Å². The molecular weight excluding hydrogens is 310 g/mol. The zero-order valence-electron chi connectivity index (χ0n) is 13.6. The second kappa shape index (κ2) is 6.06. The van der Waals surface area contributed by atoms with E-state index < -0.39 is 0 Å². The molecule has 1 spiro atoms. The fraction of sp³-hybridized carbons (Fsp3) is 0.765. The summed E-state index contributed by atoms with van der Waals surface area (Å²) in [5, 5.41) is 7.35. The lowest BCUT2D eigenvalue weighted by Crippen LogP contribution is -2.69. The second-order valence-corrected chi connectivity index (χ2v) is 8.50. The summed E-state index contributed by atoms with van der Waals surface area (Å²) >= 11 is 1.70. The van der Waals surface area contributed by atoms with E-state index in [-0.39, 0.29) is 11.4 Å². The van der Waals surface area contributed by atoms with E-state index in [0.29, 0.717) is 24.6 Å². The summed E-state index contributed by atoms with van der Waals surface area (Å²) in [6.45, 7) is 3.56. The molecule has 3 atom stereocenters. The van der Waals surface area contributed by atoms with Crippen LogP contribution in [0.25, 0.3) is 0 Å². The van der Waals surface area contributed by atoms with Crippen LogP contribution in [0, 0.1) is 18.3 Å². The largest absolute Gasteiger partial charge is 0.377 e. The van der Waals surface area contributed by atoms with Crippen molar-refractivity contribution >= 4 is 17.4 Å². The van der Waals surface area contributed by atoms with E-state index in [1.807, 2.05) is 6.20 Å². The highest BCUT2D eigenvalue weighted by Crippen LogP contribution is 2.60. The smallest absolute Gasteiger partial charge is 0.315 e. The number of urea groups is 1. The number of aryl methyl sites for hydroxylation is 1. The van der Waals surface area contributed by atoms with Crippen LogP contribution in [0.15, 0.2) is 6.20 Å². The predicted molar refractivity (Wildman–Crippen MR) is 89.6 cm³/mol. The van der Waals surface area contributed by atoms with Crippen molar-refractivity contribution in [2.75, 3.05) is 13.2 Å². The average molecular weight is 335 g/mol. The third-order valence-corrected chi connectivity index (χ3v) is 6.84. The van der Waals surface area contributed by atoms with Crippen molar-refractivity contribution in [1.82, 2.24) is 15.6 Å². The highest BCUT2D eigenvalue weighted by Gasteiger charge is 2.65. The fourth-order valence-electron chi connectivity index (χ4n) is 4.90. The molecule has 0 radical (unpaired) electrons. The second-order valence-electron chi connectivity index (χ2n) is 7.18. The van der Waals surface area contributed by atoms with Crippen molar-refractivity contribution in [3.63, 3.8) is 0 Å². The zero-order valence-corrected chi connectivity index (χ0v) is 14.5. The van der Waals surface area contributed by atoms with Gasteiger partial charge in [-0.15, -0.1) is 11.3 Å². The van der Waals surface area contributed by atoms with Gasteiger partial charge in [0.05, 0.1) is 11.1 Å². The van der Waals surface area contributed by atoms with Crippen molar-refractivity contribution in [3.8, 4) is 0 Å². The van der Waals surface area contributed by atoms with Crippen LogP contribution in [0.2, 0.25) is 0 Å². The number of rotatable bonds is 4. The third-order valence-electron chi connectivity index (χ3n) is 5.87. The fourth-order valence-corrected chi connectivity index (χ4v) is 5.68. The first-order valence-electron chi connectivity index (χ1n) is 8.76. The van der Waals surface area contributed by atoms with Gasteiger partial charge in [-0.25, -0.2) is 9.78 Å². The van der Waals surface area contributed by atoms with E-state index >= 15 is 0 Å². The monoisotopic (exact) mass is 335 g/mol. The maximum absolute atomic E-state index is 12.3.